The minimum absolute atomic E-state index is 0.0507. The summed E-state index contributed by atoms with van der Waals surface area (Å²) in [5.41, 5.74) is 0.779. The SMILES string of the molecule is OC(C(F)c1ccc(N2CCOCC2)cn1)C(F)n1cnnn1. The lowest BCUT2D eigenvalue weighted by Gasteiger charge is -2.28. The lowest BCUT2D eigenvalue weighted by molar-refractivity contribution is -0.0294. The second-order valence-corrected chi connectivity index (χ2v) is 5.10. The number of anilines is 1. The maximum absolute atomic E-state index is 14.3. The molecule has 1 fully saturated rings. The highest BCUT2D eigenvalue weighted by Crippen LogP contribution is 2.28. The molecule has 3 heterocycles. The second-order valence-electron chi connectivity index (χ2n) is 5.10. The van der Waals surface area contributed by atoms with Gasteiger partial charge in [0.1, 0.15) is 12.4 Å². The third-order valence-corrected chi connectivity index (χ3v) is 3.63. The van der Waals surface area contributed by atoms with Crippen molar-refractivity contribution in [3.05, 3.63) is 30.4 Å². The molecule has 23 heavy (non-hydrogen) atoms. The number of tetrazole rings is 1. The Morgan fingerprint density at radius 1 is 1.22 bits per heavy atom. The highest BCUT2D eigenvalue weighted by atomic mass is 19.1. The lowest BCUT2D eigenvalue weighted by Crippen LogP contribution is -2.36. The van der Waals surface area contributed by atoms with Crippen LogP contribution in [0, 0.1) is 0 Å². The summed E-state index contributed by atoms with van der Waals surface area (Å²) in [7, 11) is 0. The first-order valence-corrected chi connectivity index (χ1v) is 7.14. The molecule has 3 rings (SSSR count). The van der Waals surface area contributed by atoms with E-state index in [1.165, 1.54) is 12.3 Å². The Labute approximate surface area is 130 Å². The summed E-state index contributed by atoms with van der Waals surface area (Å²) in [4.78, 5) is 6.05. The Morgan fingerprint density at radius 3 is 2.61 bits per heavy atom. The predicted molar refractivity (Wildman–Crippen MR) is 75.1 cm³/mol. The van der Waals surface area contributed by atoms with Crippen LogP contribution < -0.4 is 4.90 Å². The largest absolute Gasteiger partial charge is 0.385 e. The fourth-order valence-electron chi connectivity index (χ4n) is 2.32. The highest BCUT2D eigenvalue weighted by Gasteiger charge is 2.32. The van der Waals surface area contributed by atoms with Crippen molar-refractivity contribution in [3.63, 3.8) is 0 Å². The van der Waals surface area contributed by atoms with E-state index in [4.69, 9.17) is 4.74 Å². The number of nitrogens with zero attached hydrogens (tertiary/aromatic N) is 6. The Kier molecular flexibility index (Phi) is 4.72. The number of ether oxygens (including phenoxy) is 1. The molecule has 0 radical (unpaired) electrons. The van der Waals surface area contributed by atoms with E-state index >= 15 is 0 Å². The van der Waals surface area contributed by atoms with Crippen LogP contribution in [-0.2, 0) is 4.74 Å². The molecule has 10 heteroatoms. The molecule has 0 saturated carbocycles. The molecule has 0 amide bonds. The van der Waals surface area contributed by atoms with Crippen LogP contribution in [0.1, 0.15) is 18.2 Å². The van der Waals surface area contributed by atoms with Crippen LogP contribution in [0.3, 0.4) is 0 Å². The third-order valence-electron chi connectivity index (χ3n) is 3.63. The van der Waals surface area contributed by atoms with Gasteiger partial charge in [0.05, 0.1) is 30.8 Å². The van der Waals surface area contributed by atoms with E-state index in [9.17, 15) is 13.9 Å². The molecule has 2 aromatic rings. The van der Waals surface area contributed by atoms with Gasteiger partial charge in [0.15, 0.2) is 6.17 Å². The predicted octanol–water partition coefficient (Wildman–Crippen LogP) is 0.444. The number of rotatable bonds is 5. The van der Waals surface area contributed by atoms with Crippen LogP contribution >= 0.6 is 0 Å². The van der Waals surface area contributed by atoms with Gasteiger partial charge in [-0.1, -0.05) is 0 Å². The molecular formula is C13H16F2N6O2. The lowest BCUT2D eigenvalue weighted by atomic mass is 10.1. The summed E-state index contributed by atoms with van der Waals surface area (Å²) in [6, 6.07) is 3.13. The molecule has 0 spiro atoms. The normalized spacial score (nSPS) is 19.3. The first kappa shape index (κ1) is 15.7. The van der Waals surface area contributed by atoms with Crippen LogP contribution in [0.25, 0.3) is 0 Å². The molecule has 1 N–H and O–H groups in total. The zero-order chi connectivity index (χ0) is 16.2. The average molecular weight is 326 g/mol. The Hall–Kier alpha value is -2.20. The Morgan fingerprint density at radius 2 is 2.00 bits per heavy atom. The number of alkyl halides is 2. The quantitative estimate of drug-likeness (QED) is 0.853. The van der Waals surface area contributed by atoms with Crippen molar-refractivity contribution in [1.29, 1.82) is 0 Å². The van der Waals surface area contributed by atoms with Gasteiger partial charge in [0.2, 0.25) is 6.30 Å². The maximum atomic E-state index is 14.3. The van der Waals surface area contributed by atoms with Crippen molar-refractivity contribution in [1.82, 2.24) is 25.2 Å². The van der Waals surface area contributed by atoms with Gasteiger partial charge < -0.3 is 14.7 Å². The van der Waals surface area contributed by atoms with Gasteiger partial charge in [0, 0.05) is 13.1 Å². The Balaban J connectivity index is 1.68. The Bertz CT molecular complexity index is 605. The van der Waals surface area contributed by atoms with Gasteiger partial charge in [-0.3, -0.25) is 4.98 Å². The van der Waals surface area contributed by atoms with E-state index in [-0.39, 0.29) is 5.69 Å². The van der Waals surface area contributed by atoms with Crippen molar-refractivity contribution < 1.29 is 18.6 Å². The van der Waals surface area contributed by atoms with Crippen molar-refractivity contribution in [2.45, 2.75) is 18.6 Å². The molecule has 124 valence electrons. The summed E-state index contributed by atoms with van der Waals surface area (Å²) < 4.78 is 34.1. The van der Waals surface area contributed by atoms with E-state index in [1.54, 1.807) is 6.07 Å². The van der Waals surface area contributed by atoms with Crippen molar-refractivity contribution in [3.8, 4) is 0 Å². The fraction of sp³-hybridized carbons (Fsp3) is 0.538. The summed E-state index contributed by atoms with van der Waals surface area (Å²) in [6.07, 6.45) is -3.58. The van der Waals surface area contributed by atoms with Gasteiger partial charge >= 0.3 is 0 Å². The summed E-state index contributed by atoms with van der Waals surface area (Å²) in [6.45, 7) is 2.71. The second kappa shape index (κ2) is 6.92. The number of aliphatic hydroxyl groups is 1. The van der Waals surface area contributed by atoms with E-state index in [1.807, 2.05) is 0 Å². The summed E-state index contributed by atoms with van der Waals surface area (Å²) >= 11 is 0. The number of hydrogen-bond acceptors (Lipinski definition) is 7. The smallest absolute Gasteiger partial charge is 0.224 e. The van der Waals surface area contributed by atoms with Gasteiger partial charge in [0.25, 0.3) is 0 Å². The van der Waals surface area contributed by atoms with Gasteiger partial charge in [-0.05, 0) is 22.6 Å². The van der Waals surface area contributed by atoms with Crippen LogP contribution in [0.2, 0.25) is 0 Å². The molecule has 1 aliphatic heterocycles. The molecule has 3 unspecified atom stereocenters. The molecular weight excluding hydrogens is 310 g/mol. The van der Waals surface area contributed by atoms with Crippen LogP contribution in [0.15, 0.2) is 24.7 Å². The zero-order valence-electron chi connectivity index (χ0n) is 12.2. The third kappa shape index (κ3) is 3.42. The van der Waals surface area contributed by atoms with Crippen molar-refractivity contribution in [2.24, 2.45) is 0 Å². The van der Waals surface area contributed by atoms with E-state index < -0.39 is 18.6 Å². The minimum atomic E-state index is -2.10. The van der Waals surface area contributed by atoms with E-state index in [0.717, 1.165) is 25.1 Å². The van der Waals surface area contributed by atoms with Gasteiger partial charge in [-0.15, -0.1) is 5.10 Å². The standard InChI is InChI=1S/C13H16F2N6O2/c14-11(12(22)13(15)21-8-17-18-19-21)10-2-1-9(7-16-10)20-3-5-23-6-4-20/h1-2,7-8,11-13,22H,3-6H2. The molecule has 0 aromatic carbocycles. The van der Waals surface area contributed by atoms with Crippen LogP contribution in [0.5, 0.6) is 0 Å². The number of aromatic nitrogens is 5. The van der Waals surface area contributed by atoms with Gasteiger partial charge in [-0.2, -0.15) is 4.68 Å². The molecule has 0 bridgehead atoms. The number of hydrogen-bond donors (Lipinski definition) is 1. The first-order valence-electron chi connectivity index (χ1n) is 7.14. The summed E-state index contributed by atoms with van der Waals surface area (Å²) in [5, 5.41) is 19.6. The topological polar surface area (TPSA) is 89.2 Å². The van der Waals surface area contributed by atoms with Crippen molar-refractivity contribution >= 4 is 5.69 Å². The summed E-state index contributed by atoms with van der Waals surface area (Å²) in [5.74, 6) is 0. The molecule has 2 aromatic heterocycles. The van der Waals surface area contributed by atoms with Gasteiger partial charge in [-0.25, -0.2) is 8.78 Å². The average Bonchev–Trinajstić information content (AvgIpc) is 3.15. The minimum Gasteiger partial charge on any atom is -0.385 e. The number of halogens is 2. The monoisotopic (exact) mass is 326 g/mol. The maximum Gasteiger partial charge on any atom is 0.224 e. The first-order chi connectivity index (χ1) is 11.2. The molecule has 3 atom stereocenters. The van der Waals surface area contributed by atoms with Crippen LogP contribution in [0.4, 0.5) is 14.5 Å². The number of aliphatic hydroxyl groups excluding tert-OH is 1. The highest BCUT2D eigenvalue weighted by molar-refractivity contribution is 5.45. The number of pyridine rings is 1. The van der Waals surface area contributed by atoms with E-state index in [2.05, 4.69) is 25.4 Å². The molecule has 0 aliphatic carbocycles. The molecule has 1 saturated heterocycles. The number of morpholine rings is 1. The van der Waals surface area contributed by atoms with Crippen molar-refractivity contribution in [2.75, 3.05) is 31.2 Å². The van der Waals surface area contributed by atoms with Crippen LogP contribution in [-0.4, -0.2) is 62.7 Å². The fourth-order valence-corrected chi connectivity index (χ4v) is 2.32. The molecule has 8 nitrogen and oxygen atoms in total. The zero-order valence-corrected chi connectivity index (χ0v) is 12.2. The van der Waals surface area contributed by atoms with E-state index in [0.29, 0.717) is 17.9 Å². The molecule has 1 aliphatic rings.